The van der Waals surface area contributed by atoms with Gasteiger partial charge >= 0.3 is 0 Å². The maximum absolute atomic E-state index is 4.67. The Morgan fingerprint density at radius 1 is 1.22 bits per heavy atom. The lowest BCUT2D eigenvalue weighted by Gasteiger charge is -2.40. The third kappa shape index (κ3) is 2.35. The first kappa shape index (κ1) is 13.3. The minimum atomic E-state index is 0.669. The Morgan fingerprint density at radius 2 is 2.13 bits per heavy atom. The number of hydrogen-bond donors (Lipinski definition) is 2. The van der Waals surface area contributed by atoms with Crippen LogP contribution in [0.4, 0.5) is 17.6 Å². The molecule has 2 aromatic rings. The number of anilines is 3. The predicted octanol–water partition coefficient (Wildman–Crippen LogP) is 1.57. The summed E-state index contributed by atoms with van der Waals surface area (Å²) in [5.41, 5.74) is 1.22. The molecule has 7 heteroatoms. The van der Waals surface area contributed by atoms with E-state index >= 15 is 0 Å². The van der Waals surface area contributed by atoms with Crippen molar-refractivity contribution in [2.75, 3.05) is 36.9 Å². The number of nitrogens with one attached hydrogen (secondary N) is 2. The molecule has 2 atom stereocenters. The zero-order valence-corrected chi connectivity index (χ0v) is 13.2. The summed E-state index contributed by atoms with van der Waals surface area (Å²) in [5, 5.41) is 10.7. The van der Waals surface area contributed by atoms with E-state index < -0.39 is 0 Å². The van der Waals surface area contributed by atoms with Crippen LogP contribution in [-0.4, -0.2) is 57.8 Å². The van der Waals surface area contributed by atoms with Gasteiger partial charge in [0, 0.05) is 55.5 Å². The first-order valence-corrected chi connectivity index (χ1v) is 8.37. The van der Waals surface area contributed by atoms with Crippen molar-refractivity contribution in [2.24, 2.45) is 5.92 Å². The molecule has 4 heterocycles. The van der Waals surface area contributed by atoms with Crippen molar-refractivity contribution >= 4 is 17.6 Å². The molecule has 0 aromatic carbocycles. The SMILES string of the molecule is CN1C[C@H]2CN(c3nccc(Nc4cc(C5CC5)[nH]n4)n3)C[C@H]21. The lowest BCUT2D eigenvalue weighted by Crippen LogP contribution is -2.52. The Bertz CT molecular complexity index is 723. The first-order valence-electron chi connectivity index (χ1n) is 8.37. The van der Waals surface area contributed by atoms with Gasteiger partial charge in [0.1, 0.15) is 5.82 Å². The third-order valence-electron chi connectivity index (χ3n) is 5.29. The number of rotatable bonds is 4. The van der Waals surface area contributed by atoms with Crippen molar-refractivity contribution in [1.82, 2.24) is 25.1 Å². The second-order valence-electron chi connectivity index (χ2n) is 7.02. The molecule has 2 saturated heterocycles. The van der Waals surface area contributed by atoms with E-state index in [4.69, 9.17) is 0 Å². The topological polar surface area (TPSA) is 73.0 Å². The summed E-state index contributed by atoms with van der Waals surface area (Å²) >= 11 is 0. The van der Waals surface area contributed by atoms with E-state index in [9.17, 15) is 0 Å². The summed E-state index contributed by atoms with van der Waals surface area (Å²) in [5.74, 6) is 3.90. The fourth-order valence-electron chi connectivity index (χ4n) is 3.77. The summed E-state index contributed by atoms with van der Waals surface area (Å²) in [6, 6.07) is 4.65. The Labute approximate surface area is 135 Å². The van der Waals surface area contributed by atoms with Crippen molar-refractivity contribution in [2.45, 2.75) is 24.8 Å². The van der Waals surface area contributed by atoms with Crippen LogP contribution in [0.3, 0.4) is 0 Å². The number of aromatic amines is 1. The summed E-state index contributed by atoms with van der Waals surface area (Å²) in [6.45, 7) is 3.28. The highest BCUT2D eigenvalue weighted by atomic mass is 15.4. The molecule has 1 aliphatic carbocycles. The quantitative estimate of drug-likeness (QED) is 0.893. The largest absolute Gasteiger partial charge is 0.339 e. The molecular weight excluding hydrogens is 290 g/mol. The maximum atomic E-state index is 4.67. The molecule has 3 aliphatic rings. The molecule has 2 aromatic heterocycles. The van der Waals surface area contributed by atoms with E-state index in [0.29, 0.717) is 12.0 Å². The number of likely N-dealkylation sites (N-methyl/N-ethyl adjacent to an activating group) is 1. The van der Waals surface area contributed by atoms with E-state index in [2.05, 4.69) is 48.4 Å². The van der Waals surface area contributed by atoms with Gasteiger partial charge in [-0.2, -0.15) is 10.1 Å². The van der Waals surface area contributed by atoms with E-state index in [1.54, 1.807) is 0 Å². The molecule has 120 valence electrons. The number of H-pyrrole nitrogens is 1. The van der Waals surface area contributed by atoms with Crippen LogP contribution >= 0.6 is 0 Å². The summed E-state index contributed by atoms with van der Waals surface area (Å²) < 4.78 is 0. The van der Waals surface area contributed by atoms with Crippen LogP contribution in [0.25, 0.3) is 0 Å². The lowest BCUT2D eigenvalue weighted by molar-refractivity contribution is 0.0827. The minimum absolute atomic E-state index is 0.669. The number of hydrogen-bond acceptors (Lipinski definition) is 6. The van der Waals surface area contributed by atoms with Crippen LogP contribution in [0.15, 0.2) is 18.3 Å². The molecule has 23 heavy (non-hydrogen) atoms. The highest BCUT2D eigenvalue weighted by Gasteiger charge is 2.44. The highest BCUT2D eigenvalue weighted by Crippen LogP contribution is 2.39. The zero-order chi connectivity index (χ0) is 15.4. The molecule has 1 saturated carbocycles. The van der Waals surface area contributed by atoms with Crippen LogP contribution in [0, 0.1) is 5.92 Å². The average molecular weight is 311 g/mol. The van der Waals surface area contributed by atoms with Crippen molar-refractivity contribution < 1.29 is 0 Å². The minimum Gasteiger partial charge on any atom is -0.339 e. The number of fused-ring (bicyclic) bond motifs is 1. The highest BCUT2D eigenvalue weighted by molar-refractivity contribution is 5.54. The number of likely N-dealkylation sites (tertiary alicyclic amines) is 1. The molecule has 0 radical (unpaired) electrons. The first-order chi connectivity index (χ1) is 11.3. The summed E-state index contributed by atoms with van der Waals surface area (Å²) in [4.78, 5) is 13.8. The van der Waals surface area contributed by atoms with Gasteiger partial charge < -0.3 is 15.1 Å². The maximum Gasteiger partial charge on any atom is 0.227 e. The van der Waals surface area contributed by atoms with Crippen LogP contribution in [-0.2, 0) is 0 Å². The van der Waals surface area contributed by atoms with Gasteiger partial charge in [-0.1, -0.05) is 0 Å². The Hall–Kier alpha value is -2.15. The normalized spacial score (nSPS) is 26.9. The zero-order valence-electron chi connectivity index (χ0n) is 13.2. The van der Waals surface area contributed by atoms with Crippen LogP contribution in [0.5, 0.6) is 0 Å². The number of nitrogens with zero attached hydrogens (tertiary/aromatic N) is 5. The average Bonchev–Trinajstić information content (AvgIpc) is 3.20. The predicted molar refractivity (Wildman–Crippen MR) is 88.0 cm³/mol. The van der Waals surface area contributed by atoms with Gasteiger partial charge in [0.2, 0.25) is 5.95 Å². The Morgan fingerprint density at radius 3 is 2.91 bits per heavy atom. The summed E-state index contributed by atoms with van der Waals surface area (Å²) in [7, 11) is 2.19. The fraction of sp³-hybridized carbons (Fsp3) is 0.562. The molecule has 2 aliphatic heterocycles. The van der Waals surface area contributed by atoms with Gasteiger partial charge in [-0.3, -0.25) is 5.10 Å². The third-order valence-corrected chi connectivity index (χ3v) is 5.29. The molecular formula is C16H21N7. The Kier molecular flexibility index (Phi) is 2.85. The summed E-state index contributed by atoms with van der Waals surface area (Å²) in [6.07, 6.45) is 4.36. The smallest absolute Gasteiger partial charge is 0.227 e. The van der Waals surface area contributed by atoms with E-state index in [0.717, 1.165) is 36.6 Å². The van der Waals surface area contributed by atoms with Crippen molar-refractivity contribution in [3.63, 3.8) is 0 Å². The molecule has 5 rings (SSSR count). The van der Waals surface area contributed by atoms with Crippen molar-refractivity contribution in [3.8, 4) is 0 Å². The van der Waals surface area contributed by atoms with Gasteiger partial charge in [0.25, 0.3) is 0 Å². The Balaban J connectivity index is 1.31. The second-order valence-corrected chi connectivity index (χ2v) is 7.02. The fourth-order valence-corrected chi connectivity index (χ4v) is 3.77. The van der Waals surface area contributed by atoms with Gasteiger partial charge in [0.15, 0.2) is 5.82 Å². The monoisotopic (exact) mass is 311 g/mol. The van der Waals surface area contributed by atoms with E-state index in [-0.39, 0.29) is 0 Å². The molecule has 7 nitrogen and oxygen atoms in total. The van der Waals surface area contributed by atoms with Gasteiger partial charge in [0.05, 0.1) is 0 Å². The second kappa shape index (κ2) is 4.92. The molecule has 0 spiro atoms. The molecule has 0 unspecified atom stereocenters. The van der Waals surface area contributed by atoms with E-state index in [1.807, 2.05) is 12.3 Å². The van der Waals surface area contributed by atoms with Crippen molar-refractivity contribution in [1.29, 1.82) is 0 Å². The van der Waals surface area contributed by atoms with Crippen LogP contribution < -0.4 is 10.2 Å². The van der Waals surface area contributed by atoms with Crippen LogP contribution in [0.2, 0.25) is 0 Å². The molecule has 0 bridgehead atoms. The van der Waals surface area contributed by atoms with Gasteiger partial charge in [-0.05, 0) is 26.0 Å². The standard InChI is InChI=1S/C16H21N7/c1-22-7-11-8-23(9-13(11)22)16-17-5-4-14(19-16)18-15-6-12(20-21-15)10-2-3-10/h4-6,10-11,13H,2-3,7-9H2,1H3,(H2,17,18,19,20,21)/t11-,13+/m0/s1. The van der Waals surface area contributed by atoms with Crippen molar-refractivity contribution in [3.05, 3.63) is 24.0 Å². The molecule has 2 N–H and O–H groups in total. The van der Waals surface area contributed by atoms with Gasteiger partial charge in [-0.15, -0.1) is 0 Å². The van der Waals surface area contributed by atoms with Crippen LogP contribution in [0.1, 0.15) is 24.5 Å². The van der Waals surface area contributed by atoms with Gasteiger partial charge in [-0.25, -0.2) is 4.98 Å². The van der Waals surface area contributed by atoms with E-state index in [1.165, 1.54) is 25.1 Å². The molecule has 0 amide bonds. The number of aromatic nitrogens is 4. The lowest BCUT2D eigenvalue weighted by atomic mass is 9.93. The molecule has 3 fully saturated rings.